The van der Waals surface area contributed by atoms with Gasteiger partial charge in [-0.15, -0.1) is 0 Å². The Morgan fingerprint density at radius 3 is 2.37 bits per heavy atom. The summed E-state index contributed by atoms with van der Waals surface area (Å²) in [5, 5.41) is 0. The van der Waals surface area contributed by atoms with Crippen LogP contribution in [-0.4, -0.2) is 18.4 Å². The van der Waals surface area contributed by atoms with Crippen molar-refractivity contribution >= 4 is 42.7 Å². The van der Waals surface area contributed by atoms with E-state index in [1.54, 1.807) is 36.4 Å². The number of nitrogens with one attached hydrogen (secondary N) is 2. The molecule has 7 heteroatoms. The molecule has 0 amide bonds. The van der Waals surface area contributed by atoms with Crippen molar-refractivity contribution in [2.45, 2.75) is 11.8 Å². The molecule has 5 nitrogen and oxygen atoms in total. The minimum Gasteiger partial charge on any atom is -0.338 e. The van der Waals surface area contributed by atoms with Gasteiger partial charge in [0.1, 0.15) is 5.82 Å². The van der Waals surface area contributed by atoms with Gasteiger partial charge in [0.25, 0.3) is 10.0 Å². The smallest absolute Gasteiger partial charge is 0.261 e. The fourth-order valence-corrected chi connectivity index (χ4v) is 4.11. The molecule has 0 radical (unpaired) electrons. The SMILES string of the molecule is Cc1ccc2nc(-c3ccc(NS(=O)(=O)c4ccc(Br)cc4)cc3)[nH]c2c1. The predicted octanol–water partition coefficient (Wildman–Crippen LogP) is 5.10. The summed E-state index contributed by atoms with van der Waals surface area (Å²) in [7, 11) is -3.63. The van der Waals surface area contributed by atoms with Crippen LogP contribution in [0.3, 0.4) is 0 Å². The van der Waals surface area contributed by atoms with E-state index in [0.29, 0.717) is 5.69 Å². The van der Waals surface area contributed by atoms with E-state index in [4.69, 9.17) is 0 Å². The van der Waals surface area contributed by atoms with Crippen LogP contribution >= 0.6 is 15.9 Å². The van der Waals surface area contributed by atoms with Crippen molar-refractivity contribution in [1.82, 2.24) is 9.97 Å². The van der Waals surface area contributed by atoms with Crippen LogP contribution in [0.15, 0.2) is 76.1 Å². The monoisotopic (exact) mass is 441 g/mol. The normalized spacial score (nSPS) is 11.6. The minimum atomic E-state index is -3.63. The van der Waals surface area contributed by atoms with Crippen molar-refractivity contribution in [3.05, 3.63) is 76.8 Å². The van der Waals surface area contributed by atoms with Crippen LogP contribution in [0.25, 0.3) is 22.4 Å². The molecule has 1 heterocycles. The van der Waals surface area contributed by atoms with Crippen LogP contribution in [0.4, 0.5) is 5.69 Å². The van der Waals surface area contributed by atoms with Gasteiger partial charge in [0.15, 0.2) is 0 Å². The van der Waals surface area contributed by atoms with Crippen LogP contribution in [0.1, 0.15) is 5.56 Å². The van der Waals surface area contributed by atoms with Crippen LogP contribution in [0.2, 0.25) is 0 Å². The number of fused-ring (bicyclic) bond motifs is 1. The van der Waals surface area contributed by atoms with Gasteiger partial charge in [0.2, 0.25) is 0 Å². The molecule has 0 aliphatic heterocycles. The van der Waals surface area contributed by atoms with Crippen molar-refractivity contribution in [2.24, 2.45) is 0 Å². The first-order valence-corrected chi connectivity index (χ1v) is 10.5. The molecule has 3 aromatic carbocycles. The first kappa shape index (κ1) is 17.8. The molecule has 4 rings (SSSR count). The lowest BCUT2D eigenvalue weighted by molar-refractivity contribution is 0.601. The topological polar surface area (TPSA) is 74.8 Å². The zero-order chi connectivity index (χ0) is 19.0. The number of hydrogen-bond acceptors (Lipinski definition) is 3. The maximum Gasteiger partial charge on any atom is 0.261 e. The number of aromatic amines is 1. The van der Waals surface area contributed by atoms with Crippen LogP contribution in [0.5, 0.6) is 0 Å². The molecule has 0 saturated carbocycles. The summed E-state index contributed by atoms with van der Waals surface area (Å²) in [6, 6.07) is 19.7. The Morgan fingerprint density at radius 2 is 1.67 bits per heavy atom. The van der Waals surface area contributed by atoms with Crippen molar-refractivity contribution in [2.75, 3.05) is 4.72 Å². The molecule has 4 aromatic rings. The van der Waals surface area contributed by atoms with Crippen LogP contribution < -0.4 is 4.72 Å². The largest absolute Gasteiger partial charge is 0.338 e. The number of sulfonamides is 1. The Hall–Kier alpha value is -2.64. The van der Waals surface area contributed by atoms with E-state index in [1.165, 1.54) is 0 Å². The molecule has 0 bridgehead atoms. The van der Waals surface area contributed by atoms with E-state index in [9.17, 15) is 8.42 Å². The molecular weight excluding hydrogens is 426 g/mol. The van der Waals surface area contributed by atoms with Gasteiger partial charge in [-0.3, -0.25) is 4.72 Å². The summed E-state index contributed by atoms with van der Waals surface area (Å²) >= 11 is 3.30. The van der Waals surface area contributed by atoms with Gasteiger partial charge in [-0.05, 0) is 73.2 Å². The highest BCUT2D eigenvalue weighted by Gasteiger charge is 2.14. The van der Waals surface area contributed by atoms with E-state index in [2.05, 4.69) is 30.6 Å². The van der Waals surface area contributed by atoms with Gasteiger partial charge in [-0.1, -0.05) is 22.0 Å². The van der Waals surface area contributed by atoms with E-state index in [0.717, 1.165) is 32.5 Å². The fraction of sp³-hybridized carbons (Fsp3) is 0.0500. The van der Waals surface area contributed by atoms with Crippen molar-refractivity contribution in [3.63, 3.8) is 0 Å². The first-order chi connectivity index (χ1) is 12.9. The highest BCUT2D eigenvalue weighted by atomic mass is 79.9. The average Bonchev–Trinajstić information content (AvgIpc) is 3.05. The number of aryl methyl sites for hydroxylation is 1. The highest BCUT2D eigenvalue weighted by Crippen LogP contribution is 2.24. The summed E-state index contributed by atoms with van der Waals surface area (Å²) in [5.41, 5.74) is 4.42. The van der Waals surface area contributed by atoms with Crippen LogP contribution in [-0.2, 0) is 10.0 Å². The van der Waals surface area contributed by atoms with Crippen molar-refractivity contribution in [3.8, 4) is 11.4 Å². The third kappa shape index (κ3) is 3.74. The van der Waals surface area contributed by atoms with Gasteiger partial charge in [-0.25, -0.2) is 13.4 Å². The molecule has 27 heavy (non-hydrogen) atoms. The number of nitrogens with zero attached hydrogens (tertiary/aromatic N) is 1. The fourth-order valence-electron chi connectivity index (χ4n) is 2.78. The quantitative estimate of drug-likeness (QED) is 0.462. The second-order valence-electron chi connectivity index (χ2n) is 6.24. The maximum atomic E-state index is 12.5. The standard InChI is InChI=1S/C20H16BrN3O2S/c1-13-2-11-18-19(12-13)23-20(22-18)14-3-7-16(8-4-14)24-27(25,26)17-9-5-15(21)6-10-17/h2-12,24H,1H3,(H,22,23). The molecule has 0 aliphatic rings. The minimum absolute atomic E-state index is 0.211. The molecular formula is C20H16BrN3O2S. The molecule has 0 spiro atoms. The van der Waals surface area contributed by atoms with E-state index in [1.807, 2.05) is 37.3 Å². The lowest BCUT2D eigenvalue weighted by Gasteiger charge is -2.08. The summed E-state index contributed by atoms with van der Waals surface area (Å²) in [6.45, 7) is 2.03. The Labute approximate surface area is 165 Å². The zero-order valence-electron chi connectivity index (χ0n) is 14.4. The van der Waals surface area contributed by atoms with Gasteiger partial charge < -0.3 is 4.98 Å². The van der Waals surface area contributed by atoms with Crippen molar-refractivity contribution in [1.29, 1.82) is 0 Å². The maximum absolute atomic E-state index is 12.5. The van der Waals surface area contributed by atoms with E-state index < -0.39 is 10.0 Å². The summed E-state index contributed by atoms with van der Waals surface area (Å²) in [5.74, 6) is 0.748. The Morgan fingerprint density at radius 1 is 0.963 bits per heavy atom. The number of aromatic nitrogens is 2. The molecule has 1 aromatic heterocycles. The van der Waals surface area contributed by atoms with Gasteiger partial charge in [0, 0.05) is 15.7 Å². The summed E-state index contributed by atoms with van der Waals surface area (Å²) in [6.07, 6.45) is 0. The highest BCUT2D eigenvalue weighted by molar-refractivity contribution is 9.10. The van der Waals surface area contributed by atoms with Gasteiger partial charge in [0.05, 0.1) is 15.9 Å². The van der Waals surface area contributed by atoms with Gasteiger partial charge >= 0.3 is 0 Å². The molecule has 136 valence electrons. The molecule has 0 atom stereocenters. The second kappa shape index (κ2) is 6.83. The molecule has 0 aliphatic carbocycles. The lowest BCUT2D eigenvalue weighted by atomic mass is 10.2. The summed E-state index contributed by atoms with van der Waals surface area (Å²) < 4.78 is 28.4. The molecule has 0 unspecified atom stereocenters. The van der Waals surface area contributed by atoms with Gasteiger partial charge in [-0.2, -0.15) is 0 Å². The number of hydrogen-bond donors (Lipinski definition) is 2. The number of rotatable bonds is 4. The Balaban J connectivity index is 1.58. The van der Waals surface area contributed by atoms with Crippen molar-refractivity contribution < 1.29 is 8.42 Å². The second-order valence-corrected chi connectivity index (χ2v) is 8.84. The van der Waals surface area contributed by atoms with E-state index in [-0.39, 0.29) is 4.90 Å². The Bertz CT molecular complexity index is 1210. The zero-order valence-corrected chi connectivity index (χ0v) is 16.8. The number of imidazole rings is 1. The predicted molar refractivity (Wildman–Crippen MR) is 111 cm³/mol. The average molecular weight is 442 g/mol. The Kier molecular flexibility index (Phi) is 4.49. The molecule has 0 fully saturated rings. The van der Waals surface area contributed by atoms with Crippen LogP contribution in [0, 0.1) is 6.92 Å². The molecule has 2 N–H and O–H groups in total. The van der Waals surface area contributed by atoms with E-state index >= 15 is 0 Å². The third-order valence-corrected chi connectivity index (χ3v) is 6.10. The summed E-state index contributed by atoms with van der Waals surface area (Å²) in [4.78, 5) is 8.09. The number of benzene rings is 3. The lowest BCUT2D eigenvalue weighted by Crippen LogP contribution is -2.12. The third-order valence-electron chi connectivity index (χ3n) is 4.17. The number of anilines is 1. The first-order valence-electron chi connectivity index (χ1n) is 8.26. The number of H-pyrrole nitrogens is 1. The molecule has 0 saturated heterocycles. The number of halogens is 1.